The van der Waals surface area contributed by atoms with Gasteiger partial charge in [-0.1, -0.05) is 6.42 Å². The van der Waals surface area contributed by atoms with Crippen molar-refractivity contribution in [2.24, 2.45) is 5.84 Å². The van der Waals surface area contributed by atoms with Crippen LogP contribution in [0.2, 0.25) is 0 Å². The summed E-state index contributed by atoms with van der Waals surface area (Å²) in [6.45, 7) is 0.938. The molecule has 1 heterocycles. The summed E-state index contributed by atoms with van der Waals surface area (Å²) in [6, 6.07) is 0. The van der Waals surface area contributed by atoms with Crippen molar-refractivity contribution in [3.05, 3.63) is 0 Å². The Morgan fingerprint density at radius 2 is 2.42 bits per heavy atom. The summed E-state index contributed by atoms with van der Waals surface area (Å²) in [7, 11) is 0. The van der Waals surface area contributed by atoms with Crippen molar-refractivity contribution in [1.29, 1.82) is 0 Å². The molecule has 0 saturated carbocycles. The van der Waals surface area contributed by atoms with E-state index >= 15 is 0 Å². The van der Waals surface area contributed by atoms with Gasteiger partial charge in [-0.3, -0.25) is 0 Å². The Hall–Kier alpha value is 0. The molecule has 0 spiro atoms. The largest absolute Gasteiger partial charge is 0.361 e. The van der Waals surface area contributed by atoms with E-state index < -0.39 is 0 Å². The van der Waals surface area contributed by atoms with Gasteiger partial charge in [0.25, 0.3) is 0 Å². The van der Waals surface area contributed by atoms with Crippen LogP contribution in [0.25, 0.3) is 0 Å². The van der Waals surface area contributed by atoms with Crippen LogP contribution in [0.3, 0.4) is 0 Å². The Morgan fingerprint density at radius 3 is 3.00 bits per heavy atom. The van der Waals surface area contributed by atoms with Gasteiger partial charge in [0, 0.05) is 11.8 Å². The van der Waals surface area contributed by atoms with Crippen LogP contribution in [0.5, 0.6) is 0 Å². The third kappa shape index (κ3) is 3.60. The van der Waals surface area contributed by atoms with Gasteiger partial charge in [0.15, 0.2) is 5.11 Å². The quantitative estimate of drug-likeness (QED) is 0.350. The van der Waals surface area contributed by atoms with Crippen molar-refractivity contribution in [3.8, 4) is 0 Å². The molecule has 0 aromatic rings. The van der Waals surface area contributed by atoms with Crippen LogP contribution in [0, 0.1) is 0 Å². The van der Waals surface area contributed by atoms with E-state index in [2.05, 4.69) is 10.7 Å². The van der Waals surface area contributed by atoms with E-state index in [1.807, 2.05) is 11.8 Å². The minimum absolute atomic E-state index is 0.543. The fourth-order valence-electron chi connectivity index (χ4n) is 1.23. The van der Waals surface area contributed by atoms with Crippen molar-refractivity contribution in [1.82, 2.24) is 10.7 Å². The van der Waals surface area contributed by atoms with Crippen molar-refractivity contribution in [3.63, 3.8) is 0 Å². The van der Waals surface area contributed by atoms with Gasteiger partial charge < -0.3 is 10.7 Å². The molecule has 0 amide bonds. The normalized spacial score (nSPS) is 23.2. The molecule has 1 aliphatic heterocycles. The standard InChI is InChI=1S/C7H15N3S2/c8-10-7(11)9-5-6-3-1-2-4-12-6/h6H,1-5,8H2,(H2,9,10,11). The molecule has 70 valence electrons. The number of hydrazine groups is 1. The molecule has 0 bridgehead atoms. The van der Waals surface area contributed by atoms with E-state index in [9.17, 15) is 0 Å². The SMILES string of the molecule is NNC(=S)NCC1CCCCS1. The molecule has 5 heteroatoms. The number of rotatable bonds is 2. The topological polar surface area (TPSA) is 50.1 Å². The van der Waals surface area contributed by atoms with Gasteiger partial charge in [0.1, 0.15) is 0 Å². The molecule has 1 saturated heterocycles. The van der Waals surface area contributed by atoms with Crippen LogP contribution in [-0.4, -0.2) is 22.7 Å². The number of hydrogen-bond donors (Lipinski definition) is 3. The van der Waals surface area contributed by atoms with E-state index in [0.717, 1.165) is 6.54 Å². The Morgan fingerprint density at radius 1 is 1.58 bits per heavy atom. The first-order chi connectivity index (χ1) is 5.83. The van der Waals surface area contributed by atoms with Crippen LogP contribution in [-0.2, 0) is 0 Å². The van der Waals surface area contributed by atoms with Crippen LogP contribution < -0.4 is 16.6 Å². The lowest BCUT2D eigenvalue weighted by Gasteiger charge is -2.21. The third-order valence-electron chi connectivity index (χ3n) is 1.90. The summed E-state index contributed by atoms with van der Waals surface area (Å²) in [4.78, 5) is 0. The first kappa shape index (κ1) is 10.1. The molecule has 1 atom stereocenters. The fraction of sp³-hybridized carbons (Fsp3) is 0.857. The number of hydrogen-bond acceptors (Lipinski definition) is 3. The predicted octanol–water partition coefficient (Wildman–Crippen LogP) is 0.610. The summed E-state index contributed by atoms with van der Waals surface area (Å²) >= 11 is 6.89. The molecule has 0 aromatic carbocycles. The highest BCUT2D eigenvalue weighted by Crippen LogP contribution is 2.23. The van der Waals surface area contributed by atoms with Crippen molar-refractivity contribution in [2.75, 3.05) is 12.3 Å². The summed E-state index contributed by atoms with van der Waals surface area (Å²) in [5.41, 5.74) is 2.42. The number of thiocarbonyl (C=S) groups is 1. The fourth-order valence-corrected chi connectivity index (χ4v) is 2.55. The molecule has 4 N–H and O–H groups in total. The van der Waals surface area contributed by atoms with Crippen LogP contribution in [0.15, 0.2) is 0 Å². The van der Waals surface area contributed by atoms with Gasteiger partial charge in [0.2, 0.25) is 0 Å². The second kappa shape index (κ2) is 5.61. The van der Waals surface area contributed by atoms with Crippen LogP contribution in [0.4, 0.5) is 0 Å². The maximum Gasteiger partial charge on any atom is 0.180 e. The van der Waals surface area contributed by atoms with E-state index in [-0.39, 0.29) is 0 Å². The van der Waals surface area contributed by atoms with Crippen LogP contribution >= 0.6 is 24.0 Å². The highest BCUT2D eigenvalue weighted by atomic mass is 32.2. The number of nitrogens with one attached hydrogen (secondary N) is 2. The molecule has 3 nitrogen and oxygen atoms in total. The molecule has 1 unspecified atom stereocenters. The number of nitrogens with two attached hydrogens (primary N) is 1. The molecular weight excluding hydrogens is 190 g/mol. The average molecular weight is 205 g/mol. The van der Waals surface area contributed by atoms with E-state index in [1.54, 1.807) is 0 Å². The summed E-state index contributed by atoms with van der Waals surface area (Å²) < 4.78 is 0. The summed E-state index contributed by atoms with van der Waals surface area (Å²) in [5, 5.41) is 4.33. The zero-order valence-corrected chi connectivity index (χ0v) is 8.64. The van der Waals surface area contributed by atoms with Gasteiger partial charge >= 0.3 is 0 Å². The highest BCUT2D eigenvalue weighted by molar-refractivity contribution is 7.99. The summed E-state index contributed by atoms with van der Waals surface area (Å²) in [6.07, 6.45) is 4.01. The smallest absolute Gasteiger partial charge is 0.180 e. The molecular formula is C7H15N3S2. The van der Waals surface area contributed by atoms with Gasteiger partial charge in [-0.15, -0.1) is 0 Å². The molecule has 0 radical (unpaired) electrons. The zero-order chi connectivity index (χ0) is 8.81. The van der Waals surface area contributed by atoms with Crippen molar-refractivity contribution >= 4 is 29.1 Å². The molecule has 0 aromatic heterocycles. The highest BCUT2D eigenvalue weighted by Gasteiger charge is 2.13. The second-order valence-electron chi connectivity index (χ2n) is 2.84. The van der Waals surface area contributed by atoms with Gasteiger partial charge in [-0.05, 0) is 30.8 Å². The van der Waals surface area contributed by atoms with Gasteiger partial charge in [0.05, 0.1) is 0 Å². The molecule has 12 heavy (non-hydrogen) atoms. The van der Waals surface area contributed by atoms with Crippen molar-refractivity contribution in [2.45, 2.75) is 24.5 Å². The second-order valence-corrected chi connectivity index (χ2v) is 4.66. The maximum atomic E-state index is 5.13. The van der Waals surface area contributed by atoms with E-state index in [4.69, 9.17) is 18.1 Å². The average Bonchev–Trinajstić information content (AvgIpc) is 2.16. The molecule has 1 rings (SSSR count). The Labute approximate surface area is 82.8 Å². The third-order valence-corrected chi connectivity index (χ3v) is 3.56. The number of thioether (sulfide) groups is 1. The first-order valence-corrected chi connectivity index (χ1v) is 5.64. The Kier molecular flexibility index (Phi) is 4.72. The Balaban J connectivity index is 2.09. The monoisotopic (exact) mass is 205 g/mol. The lowest BCUT2D eigenvalue weighted by molar-refractivity contribution is 0.647. The molecule has 1 fully saturated rings. The lowest BCUT2D eigenvalue weighted by Crippen LogP contribution is -2.42. The Bertz CT molecular complexity index is 146. The minimum atomic E-state index is 0.543. The first-order valence-electron chi connectivity index (χ1n) is 4.19. The van der Waals surface area contributed by atoms with Crippen LogP contribution in [0.1, 0.15) is 19.3 Å². The van der Waals surface area contributed by atoms with Gasteiger partial charge in [-0.25, -0.2) is 5.84 Å². The minimum Gasteiger partial charge on any atom is -0.361 e. The predicted molar refractivity (Wildman–Crippen MR) is 58.0 cm³/mol. The maximum absolute atomic E-state index is 5.13. The molecule has 0 aliphatic carbocycles. The zero-order valence-electron chi connectivity index (χ0n) is 7.01. The van der Waals surface area contributed by atoms with E-state index in [1.165, 1.54) is 25.0 Å². The van der Waals surface area contributed by atoms with Gasteiger partial charge in [-0.2, -0.15) is 11.8 Å². The summed E-state index contributed by atoms with van der Waals surface area (Å²) in [5.74, 6) is 6.41. The van der Waals surface area contributed by atoms with Crippen molar-refractivity contribution < 1.29 is 0 Å². The molecule has 1 aliphatic rings. The van der Waals surface area contributed by atoms with E-state index in [0.29, 0.717) is 10.4 Å². The lowest BCUT2D eigenvalue weighted by atomic mass is 10.2.